The third-order valence-electron chi connectivity index (χ3n) is 3.66. The molecule has 0 saturated carbocycles. The van der Waals surface area contributed by atoms with Crippen molar-refractivity contribution in [3.05, 3.63) is 35.9 Å². The number of rotatable bonds is 3. The van der Waals surface area contributed by atoms with Gasteiger partial charge in [-0.15, -0.1) is 0 Å². The lowest BCUT2D eigenvalue weighted by atomic mass is 9.96. The van der Waals surface area contributed by atoms with Crippen LogP contribution in [0, 0.1) is 5.92 Å². The molecule has 1 saturated heterocycles. The number of carbonyl (C=O) groups is 1. The highest BCUT2D eigenvalue weighted by Gasteiger charge is 2.19. The smallest absolute Gasteiger partial charge is 0.352 e. The number of fused-ring (bicyclic) bond motifs is 1. The van der Waals surface area contributed by atoms with Gasteiger partial charge in [0.15, 0.2) is 0 Å². The van der Waals surface area contributed by atoms with Crippen molar-refractivity contribution in [3.63, 3.8) is 0 Å². The van der Waals surface area contributed by atoms with Crippen LogP contribution in [0.2, 0.25) is 0 Å². The van der Waals surface area contributed by atoms with E-state index in [-0.39, 0.29) is 5.69 Å². The Morgan fingerprint density at radius 3 is 2.95 bits per heavy atom. The summed E-state index contributed by atoms with van der Waals surface area (Å²) in [4.78, 5) is 15.7. The minimum Gasteiger partial charge on any atom is -0.477 e. The molecule has 0 atom stereocenters. The molecule has 0 amide bonds. The zero-order valence-electron chi connectivity index (χ0n) is 10.6. The topological polar surface area (TPSA) is 63.8 Å². The van der Waals surface area contributed by atoms with E-state index in [1.54, 1.807) is 22.7 Å². The maximum absolute atomic E-state index is 11.3. The lowest BCUT2D eigenvalue weighted by molar-refractivity contribution is 0.0653. The predicted octanol–water partition coefficient (Wildman–Crippen LogP) is 2.00. The Balaban J connectivity index is 1.96. The summed E-state index contributed by atoms with van der Waals surface area (Å²) >= 11 is 0. The number of aromatic nitrogens is 2. The minimum atomic E-state index is -0.920. The van der Waals surface area contributed by atoms with E-state index in [4.69, 9.17) is 4.74 Å². The van der Waals surface area contributed by atoms with Gasteiger partial charge < -0.3 is 9.84 Å². The fraction of sp³-hybridized carbons (Fsp3) is 0.429. The molecular formula is C14H16N2O3. The molecule has 2 aromatic heterocycles. The quantitative estimate of drug-likeness (QED) is 0.916. The zero-order chi connectivity index (χ0) is 13.2. The van der Waals surface area contributed by atoms with Gasteiger partial charge in [-0.1, -0.05) is 6.07 Å². The Labute approximate surface area is 110 Å². The maximum Gasteiger partial charge on any atom is 0.352 e. The SMILES string of the molecule is O=C(O)c1cccc2cnc(CC3CCOCC3)n12. The lowest BCUT2D eigenvalue weighted by Gasteiger charge is -2.21. The van der Waals surface area contributed by atoms with Gasteiger partial charge in [0.1, 0.15) is 11.5 Å². The number of aromatic carboxylic acids is 1. The van der Waals surface area contributed by atoms with Crippen LogP contribution in [-0.4, -0.2) is 33.7 Å². The van der Waals surface area contributed by atoms with Crippen LogP contribution in [-0.2, 0) is 11.2 Å². The molecule has 0 spiro atoms. The minimum absolute atomic E-state index is 0.275. The van der Waals surface area contributed by atoms with E-state index in [9.17, 15) is 9.90 Å². The fourth-order valence-electron chi connectivity index (χ4n) is 2.63. The first-order valence-electron chi connectivity index (χ1n) is 6.52. The van der Waals surface area contributed by atoms with Crippen LogP contribution in [0.4, 0.5) is 0 Å². The average molecular weight is 260 g/mol. The summed E-state index contributed by atoms with van der Waals surface area (Å²) in [5.74, 6) is 0.443. The molecule has 0 aliphatic carbocycles. The Kier molecular flexibility index (Phi) is 3.21. The molecule has 100 valence electrons. The zero-order valence-corrected chi connectivity index (χ0v) is 10.6. The summed E-state index contributed by atoms with van der Waals surface area (Å²) in [6, 6.07) is 5.25. The molecule has 2 aromatic rings. The van der Waals surface area contributed by atoms with Gasteiger partial charge in [0.05, 0.1) is 11.7 Å². The molecule has 3 rings (SSSR count). The van der Waals surface area contributed by atoms with Crippen LogP contribution in [0.1, 0.15) is 29.2 Å². The number of pyridine rings is 1. The molecule has 1 aliphatic rings. The van der Waals surface area contributed by atoms with Crippen molar-refractivity contribution in [1.29, 1.82) is 0 Å². The second-order valence-corrected chi connectivity index (χ2v) is 4.91. The van der Waals surface area contributed by atoms with Crippen molar-refractivity contribution in [2.75, 3.05) is 13.2 Å². The van der Waals surface area contributed by atoms with Crippen LogP contribution < -0.4 is 0 Å². The number of carboxylic acid groups (broad SMARTS) is 1. The van der Waals surface area contributed by atoms with Gasteiger partial charge in [-0.05, 0) is 30.9 Å². The Hall–Kier alpha value is -1.88. The number of imidazole rings is 1. The van der Waals surface area contributed by atoms with E-state index in [2.05, 4.69) is 4.98 Å². The number of hydrogen-bond acceptors (Lipinski definition) is 3. The Morgan fingerprint density at radius 2 is 2.21 bits per heavy atom. The molecule has 5 nitrogen and oxygen atoms in total. The summed E-state index contributed by atoms with van der Waals surface area (Å²) in [5, 5.41) is 9.26. The molecular weight excluding hydrogens is 244 g/mol. The fourth-order valence-corrected chi connectivity index (χ4v) is 2.63. The third-order valence-corrected chi connectivity index (χ3v) is 3.66. The summed E-state index contributed by atoms with van der Waals surface area (Å²) in [6.07, 6.45) is 4.58. The van der Waals surface area contributed by atoms with Gasteiger partial charge in [-0.2, -0.15) is 0 Å². The first-order chi connectivity index (χ1) is 9.25. The van der Waals surface area contributed by atoms with E-state index in [0.29, 0.717) is 5.92 Å². The van der Waals surface area contributed by atoms with Crippen LogP contribution in [0.3, 0.4) is 0 Å². The third kappa shape index (κ3) is 2.33. The average Bonchev–Trinajstić information content (AvgIpc) is 2.83. The van der Waals surface area contributed by atoms with Gasteiger partial charge in [0.25, 0.3) is 0 Å². The van der Waals surface area contributed by atoms with Crippen molar-refractivity contribution < 1.29 is 14.6 Å². The van der Waals surface area contributed by atoms with Gasteiger partial charge in [-0.3, -0.25) is 4.40 Å². The van der Waals surface area contributed by atoms with Gasteiger partial charge in [0.2, 0.25) is 0 Å². The van der Waals surface area contributed by atoms with Gasteiger partial charge in [-0.25, -0.2) is 9.78 Å². The number of nitrogens with zero attached hydrogens (tertiary/aromatic N) is 2. The van der Waals surface area contributed by atoms with Crippen molar-refractivity contribution in [3.8, 4) is 0 Å². The Bertz CT molecular complexity index is 600. The summed E-state index contributed by atoms with van der Waals surface area (Å²) in [7, 11) is 0. The van der Waals surface area contributed by atoms with Gasteiger partial charge >= 0.3 is 5.97 Å². The highest BCUT2D eigenvalue weighted by atomic mass is 16.5. The first kappa shape index (κ1) is 12.2. The molecule has 0 aromatic carbocycles. The van der Waals surface area contributed by atoms with E-state index < -0.39 is 5.97 Å². The highest BCUT2D eigenvalue weighted by molar-refractivity contribution is 5.86. The van der Waals surface area contributed by atoms with E-state index >= 15 is 0 Å². The van der Waals surface area contributed by atoms with Crippen molar-refractivity contribution in [2.45, 2.75) is 19.3 Å². The molecule has 1 aliphatic heterocycles. The molecule has 0 radical (unpaired) electrons. The maximum atomic E-state index is 11.3. The van der Waals surface area contributed by atoms with E-state index in [0.717, 1.165) is 43.8 Å². The molecule has 1 fully saturated rings. The molecule has 3 heterocycles. The highest BCUT2D eigenvalue weighted by Crippen LogP contribution is 2.21. The Morgan fingerprint density at radius 1 is 1.42 bits per heavy atom. The van der Waals surface area contributed by atoms with Crippen LogP contribution >= 0.6 is 0 Å². The largest absolute Gasteiger partial charge is 0.477 e. The summed E-state index contributed by atoms with van der Waals surface area (Å²) in [6.45, 7) is 1.58. The van der Waals surface area contributed by atoms with Crippen LogP contribution in [0.25, 0.3) is 5.52 Å². The van der Waals surface area contributed by atoms with Gasteiger partial charge in [0, 0.05) is 19.6 Å². The number of hydrogen-bond donors (Lipinski definition) is 1. The summed E-state index contributed by atoms with van der Waals surface area (Å²) in [5.41, 5.74) is 1.11. The van der Waals surface area contributed by atoms with Crippen molar-refractivity contribution in [1.82, 2.24) is 9.38 Å². The number of ether oxygens (including phenoxy) is 1. The van der Waals surface area contributed by atoms with Crippen molar-refractivity contribution in [2.24, 2.45) is 5.92 Å². The standard InChI is InChI=1S/C14H16N2O3/c17-14(18)12-3-1-2-11-9-15-13(16(11)12)8-10-4-6-19-7-5-10/h1-3,9-10H,4-8H2,(H,17,18). The molecule has 0 unspecified atom stereocenters. The van der Waals surface area contributed by atoms with Crippen LogP contribution in [0.5, 0.6) is 0 Å². The monoisotopic (exact) mass is 260 g/mol. The molecule has 19 heavy (non-hydrogen) atoms. The molecule has 0 bridgehead atoms. The van der Waals surface area contributed by atoms with Crippen LogP contribution in [0.15, 0.2) is 24.4 Å². The first-order valence-corrected chi connectivity index (χ1v) is 6.52. The van der Waals surface area contributed by atoms with E-state index in [1.807, 2.05) is 6.07 Å². The molecule has 5 heteroatoms. The summed E-state index contributed by atoms with van der Waals surface area (Å²) < 4.78 is 7.09. The van der Waals surface area contributed by atoms with Crippen molar-refractivity contribution >= 4 is 11.5 Å². The molecule has 1 N–H and O–H groups in total. The predicted molar refractivity (Wildman–Crippen MR) is 69.4 cm³/mol. The second kappa shape index (κ2) is 5.01. The second-order valence-electron chi connectivity index (χ2n) is 4.91. The lowest BCUT2D eigenvalue weighted by Crippen LogP contribution is -2.19. The normalized spacial score (nSPS) is 16.8. The number of carboxylic acids is 1. The van der Waals surface area contributed by atoms with E-state index in [1.165, 1.54) is 0 Å².